The molecule has 208 valence electrons. The quantitative estimate of drug-likeness (QED) is 0.260. The van der Waals surface area contributed by atoms with Gasteiger partial charge in [-0.1, -0.05) is 23.2 Å². The van der Waals surface area contributed by atoms with Crippen LogP contribution in [0.3, 0.4) is 0 Å². The molecule has 0 atom stereocenters. The average molecular weight is 569 g/mol. The fourth-order valence-corrected chi connectivity index (χ4v) is 5.39. The smallest absolute Gasteiger partial charge is 0.255 e. The van der Waals surface area contributed by atoms with Gasteiger partial charge in [0.2, 0.25) is 17.8 Å². The molecule has 1 aliphatic rings. The molecule has 1 saturated heterocycles. The third-order valence-corrected chi connectivity index (χ3v) is 7.59. The van der Waals surface area contributed by atoms with Gasteiger partial charge in [0.1, 0.15) is 5.39 Å². The van der Waals surface area contributed by atoms with Crippen molar-refractivity contribution in [3.05, 3.63) is 78.6 Å². The van der Waals surface area contributed by atoms with Crippen molar-refractivity contribution in [3.63, 3.8) is 0 Å². The summed E-state index contributed by atoms with van der Waals surface area (Å²) in [6.45, 7) is 3.08. The van der Waals surface area contributed by atoms with E-state index in [4.69, 9.17) is 21.7 Å². The second-order valence-electron chi connectivity index (χ2n) is 9.65. The van der Waals surface area contributed by atoms with E-state index in [0.717, 1.165) is 65.3 Å². The van der Waals surface area contributed by atoms with E-state index < -0.39 is 0 Å². The molecule has 2 aromatic heterocycles. The number of methoxy groups -OCH3 is 2. The first kappa shape index (κ1) is 26.3. The maximum Gasteiger partial charge on any atom is 0.255 e. The van der Waals surface area contributed by atoms with Gasteiger partial charge in [0, 0.05) is 28.4 Å². The Balaban J connectivity index is 1.11. The zero-order chi connectivity index (χ0) is 28.3. The molecule has 11 heteroatoms. The Morgan fingerprint density at radius 1 is 0.927 bits per heavy atom. The number of nitrogens with one attached hydrogen (secondary N) is 4. The van der Waals surface area contributed by atoms with E-state index in [1.54, 1.807) is 32.7 Å². The molecular weight excluding hydrogens is 538 g/mol. The molecule has 41 heavy (non-hydrogen) atoms. The number of hydrogen-bond acceptors (Lipinski definition) is 6. The molecule has 4 N–H and O–H groups in total. The van der Waals surface area contributed by atoms with Crippen molar-refractivity contribution >= 4 is 62.4 Å². The number of nitrogens with zero attached hydrogens (tertiary/aromatic N) is 3. The summed E-state index contributed by atoms with van der Waals surface area (Å²) >= 11 is 5.73. The largest absolute Gasteiger partial charge is 0.493 e. The molecule has 1 fully saturated rings. The number of aromatic nitrogens is 3. The van der Waals surface area contributed by atoms with Gasteiger partial charge in [-0.15, -0.1) is 0 Å². The number of H-pyrrole nitrogens is 2. The number of rotatable bonds is 6. The molecular formula is C30H30N7O3S+. The fraction of sp³-hybridized carbons (Fsp3) is 0.200. The Morgan fingerprint density at radius 3 is 2.27 bits per heavy atom. The SMILES string of the molecule is COc1cc2[nH]c3nc[nH+]c(N4CCN(C(=S)Nc5ccc(NC(=O)c6ccccc6)cc5)CC4)c3c2cc1OC. The Bertz CT molecular complexity index is 1720. The monoisotopic (exact) mass is 568 g/mol. The Morgan fingerprint density at radius 2 is 1.59 bits per heavy atom. The van der Waals surface area contributed by atoms with E-state index >= 15 is 0 Å². The summed E-state index contributed by atoms with van der Waals surface area (Å²) in [5, 5.41) is 8.94. The van der Waals surface area contributed by atoms with Gasteiger partial charge in [-0.05, 0) is 54.7 Å². The number of piperazine rings is 1. The number of thiocarbonyl (C=S) groups is 1. The van der Waals surface area contributed by atoms with E-state index in [1.165, 1.54) is 0 Å². The number of benzene rings is 3. The first-order valence-corrected chi connectivity index (χ1v) is 13.7. The molecule has 5 aromatic rings. The predicted molar refractivity (Wildman–Crippen MR) is 164 cm³/mol. The van der Waals surface area contributed by atoms with E-state index in [9.17, 15) is 4.79 Å². The molecule has 6 rings (SSSR count). The summed E-state index contributed by atoms with van der Waals surface area (Å²) in [5.74, 6) is 2.19. The predicted octanol–water partition coefficient (Wildman–Crippen LogP) is 4.32. The van der Waals surface area contributed by atoms with Crippen molar-refractivity contribution in [3.8, 4) is 11.5 Å². The van der Waals surface area contributed by atoms with E-state index in [-0.39, 0.29) is 5.91 Å². The lowest BCUT2D eigenvalue weighted by atomic mass is 10.1. The van der Waals surface area contributed by atoms with Crippen molar-refractivity contribution in [2.75, 3.05) is 55.9 Å². The minimum absolute atomic E-state index is 0.144. The lowest BCUT2D eigenvalue weighted by Gasteiger charge is -2.34. The highest BCUT2D eigenvalue weighted by atomic mass is 32.1. The highest BCUT2D eigenvalue weighted by Crippen LogP contribution is 2.37. The lowest BCUT2D eigenvalue weighted by Crippen LogP contribution is -2.51. The molecule has 0 bridgehead atoms. The molecule has 3 heterocycles. The van der Waals surface area contributed by atoms with Crippen LogP contribution in [0, 0.1) is 0 Å². The van der Waals surface area contributed by atoms with Crippen LogP contribution in [0.4, 0.5) is 17.2 Å². The third-order valence-electron chi connectivity index (χ3n) is 7.23. The first-order valence-electron chi connectivity index (χ1n) is 13.3. The van der Waals surface area contributed by atoms with Crippen LogP contribution in [0.5, 0.6) is 11.5 Å². The normalized spacial score (nSPS) is 13.3. The number of fused-ring (bicyclic) bond motifs is 3. The van der Waals surface area contributed by atoms with Crippen LogP contribution < -0.4 is 30.0 Å². The van der Waals surface area contributed by atoms with Crippen LogP contribution in [-0.2, 0) is 0 Å². The van der Waals surface area contributed by atoms with Crippen molar-refractivity contribution in [2.45, 2.75) is 0 Å². The second kappa shape index (κ2) is 11.3. The number of carbonyl (C=O) groups is 1. The standard InChI is InChI=1S/C30H29N7O3S/c1-39-24-16-22-23(17-25(24)40-2)35-27-26(22)28(32-18-31-27)36-12-14-37(15-13-36)30(41)34-21-10-8-20(9-11-21)33-29(38)19-6-4-3-5-7-19/h3-11,16-18H,12-15H2,1-2H3,(H,33,38)(H,34,41)(H,31,32,35)/p+1. The average Bonchev–Trinajstić information content (AvgIpc) is 3.39. The fourth-order valence-electron chi connectivity index (χ4n) is 5.09. The number of ether oxygens (including phenoxy) is 2. The Kier molecular flexibility index (Phi) is 7.26. The molecule has 0 saturated carbocycles. The zero-order valence-corrected chi connectivity index (χ0v) is 23.5. The molecule has 10 nitrogen and oxygen atoms in total. The van der Waals surface area contributed by atoms with Crippen LogP contribution in [-0.4, -0.2) is 66.3 Å². The summed E-state index contributed by atoms with van der Waals surface area (Å²) in [4.78, 5) is 28.2. The lowest BCUT2D eigenvalue weighted by molar-refractivity contribution is -0.367. The highest BCUT2D eigenvalue weighted by Gasteiger charge is 2.27. The van der Waals surface area contributed by atoms with E-state index in [1.807, 2.05) is 54.6 Å². The van der Waals surface area contributed by atoms with Gasteiger partial charge in [-0.3, -0.25) is 9.69 Å². The Labute approximate surface area is 242 Å². The van der Waals surface area contributed by atoms with Gasteiger partial charge in [0.25, 0.3) is 5.91 Å². The van der Waals surface area contributed by atoms with Gasteiger partial charge in [-0.2, -0.15) is 0 Å². The molecule has 0 radical (unpaired) electrons. The third kappa shape index (κ3) is 5.31. The molecule has 1 aliphatic heterocycles. The van der Waals surface area contributed by atoms with Crippen LogP contribution in [0.25, 0.3) is 21.9 Å². The number of anilines is 3. The zero-order valence-electron chi connectivity index (χ0n) is 22.7. The Hall–Kier alpha value is -4.90. The van der Waals surface area contributed by atoms with Crippen molar-refractivity contribution in [2.24, 2.45) is 0 Å². The first-order chi connectivity index (χ1) is 20.0. The number of aromatic amines is 2. The van der Waals surface area contributed by atoms with Crippen molar-refractivity contribution in [1.82, 2.24) is 14.9 Å². The molecule has 0 aliphatic carbocycles. The summed E-state index contributed by atoms with van der Waals surface area (Å²) in [6.07, 6.45) is 1.71. The van der Waals surface area contributed by atoms with Gasteiger partial charge in [-0.25, -0.2) is 4.98 Å². The van der Waals surface area contributed by atoms with Crippen LogP contribution in [0.15, 0.2) is 73.1 Å². The van der Waals surface area contributed by atoms with Crippen molar-refractivity contribution < 1.29 is 19.3 Å². The summed E-state index contributed by atoms with van der Waals surface area (Å²) in [6, 6.07) is 20.6. The maximum atomic E-state index is 12.4. The van der Waals surface area contributed by atoms with Gasteiger partial charge in [0.05, 0.1) is 45.9 Å². The minimum atomic E-state index is -0.144. The number of amides is 1. The van der Waals surface area contributed by atoms with Crippen molar-refractivity contribution in [1.29, 1.82) is 0 Å². The second-order valence-corrected chi connectivity index (χ2v) is 10.0. The topological polar surface area (TPSA) is 109 Å². The summed E-state index contributed by atoms with van der Waals surface area (Å²) < 4.78 is 11.0. The van der Waals surface area contributed by atoms with Crippen LogP contribution >= 0.6 is 12.2 Å². The number of hydrogen-bond donors (Lipinski definition) is 3. The molecule has 1 amide bonds. The maximum absolute atomic E-state index is 12.4. The van der Waals surface area contributed by atoms with E-state index in [2.05, 4.69) is 35.4 Å². The number of carbonyl (C=O) groups excluding carboxylic acids is 1. The van der Waals surface area contributed by atoms with Gasteiger partial charge < -0.3 is 30.0 Å². The molecule has 0 spiro atoms. The summed E-state index contributed by atoms with van der Waals surface area (Å²) in [5.41, 5.74) is 3.93. The van der Waals surface area contributed by atoms with Gasteiger partial charge >= 0.3 is 0 Å². The summed E-state index contributed by atoms with van der Waals surface area (Å²) in [7, 11) is 3.27. The van der Waals surface area contributed by atoms with E-state index in [0.29, 0.717) is 22.2 Å². The van der Waals surface area contributed by atoms with Gasteiger partial charge in [0.15, 0.2) is 16.6 Å². The highest BCUT2D eigenvalue weighted by molar-refractivity contribution is 7.80. The molecule has 3 aromatic carbocycles. The van der Waals surface area contributed by atoms with Crippen LogP contribution in [0.1, 0.15) is 10.4 Å². The molecule has 0 unspecified atom stereocenters. The minimum Gasteiger partial charge on any atom is -0.493 e. The van der Waals surface area contributed by atoms with Crippen LogP contribution in [0.2, 0.25) is 0 Å².